The maximum absolute atomic E-state index is 10.9. The van der Waals surface area contributed by atoms with Gasteiger partial charge in [0, 0.05) is 19.0 Å². The number of hydrogen-bond acceptors (Lipinski definition) is 2. The second-order valence-electron chi connectivity index (χ2n) is 3.13. The lowest BCUT2D eigenvalue weighted by molar-refractivity contribution is -0.119. The maximum atomic E-state index is 10.9. The first kappa shape index (κ1) is 6.16. The maximum Gasteiger partial charge on any atom is 0.220 e. The zero-order chi connectivity index (χ0) is 6.97. The van der Waals surface area contributed by atoms with Gasteiger partial charge in [0.25, 0.3) is 0 Å². The van der Waals surface area contributed by atoms with Crippen molar-refractivity contribution < 1.29 is 4.79 Å². The quantitative estimate of drug-likeness (QED) is 0.475. The van der Waals surface area contributed by atoms with Gasteiger partial charge in [0.05, 0.1) is 0 Å². The van der Waals surface area contributed by atoms with Crippen LogP contribution >= 0.6 is 0 Å². The van der Waals surface area contributed by atoms with E-state index >= 15 is 0 Å². The summed E-state index contributed by atoms with van der Waals surface area (Å²) in [5, 5.41) is 6.22. The molecule has 0 saturated carbocycles. The smallest absolute Gasteiger partial charge is 0.220 e. The molecule has 2 rings (SSSR count). The van der Waals surface area contributed by atoms with Crippen LogP contribution in [0.25, 0.3) is 0 Å². The van der Waals surface area contributed by atoms with Gasteiger partial charge in [-0.2, -0.15) is 0 Å². The number of carbonyl (C=O) groups is 1. The van der Waals surface area contributed by atoms with Crippen LogP contribution in [0.15, 0.2) is 0 Å². The van der Waals surface area contributed by atoms with Crippen molar-refractivity contribution >= 4 is 5.91 Å². The van der Waals surface area contributed by atoms with E-state index in [1.165, 1.54) is 0 Å². The monoisotopic (exact) mass is 140 g/mol. The molecule has 2 N–H and O–H groups in total. The second kappa shape index (κ2) is 2.23. The standard InChI is InChI=1S/C7H12N2O/c10-7-3-5-1-2-8-4-6(5)9-7/h5-6,8H,1-4H2,(H,9,10)/t5-,6-/m1/s1. The molecule has 1 amide bonds. The fraction of sp³-hybridized carbons (Fsp3) is 0.857. The van der Waals surface area contributed by atoms with Crippen molar-refractivity contribution in [1.29, 1.82) is 0 Å². The Morgan fingerprint density at radius 3 is 3.20 bits per heavy atom. The van der Waals surface area contributed by atoms with Gasteiger partial charge in [-0.25, -0.2) is 0 Å². The van der Waals surface area contributed by atoms with Crippen LogP contribution in [0, 0.1) is 5.92 Å². The first-order valence-corrected chi connectivity index (χ1v) is 3.86. The molecule has 0 aromatic carbocycles. The summed E-state index contributed by atoms with van der Waals surface area (Å²) in [6, 6.07) is 0.432. The van der Waals surface area contributed by atoms with Crippen LogP contribution in [-0.4, -0.2) is 25.0 Å². The summed E-state index contributed by atoms with van der Waals surface area (Å²) in [7, 11) is 0. The molecule has 10 heavy (non-hydrogen) atoms. The highest BCUT2D eigenvalue weighted by atomic mass is 16.2. The van der Waals surface area contributed by atoms with Crippen molar-refractivity contribution in [3.8, 4) is 0 Å². The van der Waals surface area contributed by atoms with Gasteiger partial charge < -0.3 is 10.6 Å². The van der Waals surface area contributed by atoms with Gasteiger partial charge in [-0.3, -0.25) is 4.79 Å². The molecule has 0 aromatic heterocycles. The molecular weight excluding hydrogens is 128 g/mol. The molecule has 2 heterocycles. The molecule has 0 aliphatic carbocycles. The highest BCUT2D eigenvalue weighted by Gasteiger charge is 2.33. The third-order valence-electron chi connectivity index (χ3n) is 2.42. The van der Waals surface area contributed by atoms with Crippen LogP contribution in [0.5, 0.6) is 0 Å². The Hall–Kier alpha value is -0.570. The summed E-state index contributed by atoms with van der Waals surface area (Å²) in [5.74, 6) is 0.854. The van der Waals surface area contributed by atoms with E-state index in [1.54, 1.807) is 0 Å². The van der Waals surface area contributed by atoms with Crippen LogP contribution in [-0.2, 0) is 4.79 Å². The molecule has 2 aliphatic rings. The highest BCUT2D eigenvalue weighted by Crippen LogP contribution is 2.21. The minimum atomic E-state index is 0.235. The van der Waals surface area contributed by atoms with Crippen LogP contribution in [0.4, 0.5) is 0 Å². The summed E-state index contributed by atoms with van der Waals surface area (Å²) in [4.78, 5) is 10.9. The van der Waals surface area contributed by atoms with Crippen molar-refractivity contribution in [3.63, 3.8) is 0 Å². The molecule has 0 bridgehead atoms. The summed E-state index contributed by atoms with van der Waals surface area (Å²) in [5.41, 5.74) is 0. The number of rotatable bonds is 0. The number of fused-ring (bicyclic) bond motifs is 1. The largest absolute Gasteiger partial charge is 0.352 e. The third kappa shape index (κ3) is 0.904. The molecule has 2 aliphatic heterocycles. The fourth-order valence-corrected chi connectivity index (χ4v) is 1.83. The lowest BCUT2D eigenvalue weighted by Crippen LogP contribution is -2.44. The van der Waals surface area contributed by atoms with Crippen molar-refractivity contribution in [2.45, 2.75) is 18.9 Å². The van der Waals surface area contributed by atoms with E-state index in [-0.39, 0.29) is 5.91 Å². The normalized spacial score (nSPS) is 39.0. The van der Waals surface area contributed by atoms with Crippen LogP contribution < -0.4 is 10.6 Å². The molecule has 2 atom stereocenters. The van der Waals surface area contributed by atoms with Crippen LogP contribution in [0.1, 0.15) is 12.8 Å². The van der Waals surface area contributed by atoms with Crippen molar-refractivity contribution in [3.05, 3.63) is 0 Å². The molecule has 56 valence electrons. The van der Waals surface area contributed by atoms with E-state index in [0.717, 1.165) is 25.9 Å². The van der Waals surface area contributed by atoms with E-state index in [9.17, 15) is 4.79 Å². The van der Waals surface area contributed by atoms with Gasteiger partial charge in [0.15, 0.2) is 0 Å². The first-order chi connectivity index (χ1) is 4.86. The fourth-order valence-electron chi connectivity index (χ4n) is 1.83. The minimum absolute atomic E-state index is 0.235. The van der Waals surface area contributed by atoms with Crippen LogP contribution in [0.2, 0.25) is 0 Å². The van der Waals surface area contributed by atoms with Gasteiger partial charge in [0.2, 0.25) is 5.91 Å². The number of carbonyl (C=O) groups excluding carboxylic acids is 1. The molecule has 2 saturated heterocycles. The minimum Gasteiger partial charge on any atom is -0.352 e. The van der Waals surface area contributed by atoms with Crippen LogP contribution in [0.3, 0.4) is 0 Å². The molecular formula is C7H12N2O. The zero-order valence-electron chi connectivity index (χ0n) is 5.89. The average Bonchev–Trinajstić information content (AvgIpc) is 2.27. The number of hydrogen-bond donors (Lipinski definition) is 2. The van der Waals surface area contributed by atoms with Gasteiger partial charge in [0.1, 0.15) is 0 Å². The summed E-state index contributed by atoms with van der Waals surface area (Å²) < 4.78 is 0. The Kier molecular flexibility index (Phi) is 1.38. The zero-order valence-corrected chi connectivity index (χ0v) is 5.89. The molecule has 3 nitrogen and oxygen atoms in total. The van der Waals surface area contributed by atoms with E-state index in [1.807, 2.05) is 0 Å². The SMILES string of the molecule is O=C1C[C@H]2CCNC[C@H]2N1. The number of amides is 1. The van der Waals surface area contributed by atoms with Gasteiger partial charge in [-0.15, -0.1) is 0 Å². The Bertz CT molecular complexity index is 142. The third-order valence-corrected chi connectivity index (χ3v) is 2.42. The molecule has 0 aromatic rings. The summed E-state index contributed by atoms with van der Waals surface area (Å²) in [6.07, 6.45) is 1.91. The first-order valence-electron chi connectivity index (χ1n) is 3.86. The Labute approximate surface area is 60.2 Å². The summed E-state index contributed by atoms with van der Waals surface area (Å²) >= 11 is 0. The number of nitrogens with one attached hydrogen (secondary N) is 2. The van der Waals surface area contributed by atoms with E-state index in [0.29, 0.717) is 12.0 Å². The topological polar surface area (TPSA) is 41.1 Å². The second-order valence-corrected chi connectivity index (χ2v) is 3.13. The van der Waals surface area contributed by atoms with Crippen molar-refractivity contribution in [2.75, 3.05) is 13.1 Å². The lowest BCUT2D eigenvalue weighted by atomic mass is 9.94. The molecule has 0 radical (unpaired) electrons. The molecule has 2 fully saturated rings. The predicted octanol–water partition coefficient (Wildman–Crippen LogP) is -0.516. The van der Waals surface area contributed by atoms with E-state index in [2.05, 4.69) is 10.6 Å². The van der Waals surface area contributed by atoms with Gasteiger partial charge in [-0.1, -0.05) is 0 Å². The number of piperidine rings is 1. The van der Waals surface area contributed by atoms with Crippen molar-refractivity contribution in [2.24, 2.45) is 5.92 Å². The summed E-state index contributed by atoms with van der Waals surface area (Å²) in [6.45, 7) is 2.05. The Balaban J connectivity index is 2.04. The lowest BCUT2D eigenvalue weighted by Gasteiger charge is -2.24. The molecule has 0 unspecified atom stereocenters. The highest BCUT2D eigenvalue weighted by molar-refractivity contribution is 5.79. The Morgan fingerprint density at radius 1 is 1.50 bits per heavy atom. The molecule has 0 spiro atoms. The molecule has 3 heteroatoms. The van der Waals surface area contributed by atoms with E-state index in [4.69, 9.17) is 0 Å². The van der Waals surface area contributed by atoms with Gasteiger partial charge in [-0.05, 0) is 18.9 Å². The van der Waals surface area contributed by atoms with Crippen molar-refractivity contribution in [1.82, 2.24) is 10.6 Å². The van der Waals surface area contributed by atoms with E-state index < -0.39 is 0 Å². The Morgan fingerprint density at radius 2 is 2.40 bits per heavy atom. The average molecular weight is 140 g/mol. The van der Waals surface area contributed by atoms with Gasteiger partial charge >= 0.3 is 0 Å². The predicted molar refractivity (Wildman–Crippen MR) is 37.5 cm³/mol.